The Labute approximate surface area is 205 Å². The van der Waals surface area contributed by atoms with E-state index in [1.807, 2.05) is 41.6 Å². The van der Waals surface area contributed by atoms with Crippen molar-refractivity contribution in [3.8, 4) is 17.0 Å². The molecular weight excluding hydrogens is 440 g/mol. The van der Waals surface area contributed by atoms with E-state index in [-0.39, 0.29) is 0 Å². The Balaban J connectivity index is 1.36. The summed E-state index contributed by atoms with van der Waals surface area (Å²) in [7, 11) is 1.96. The zero-order chi connectivity index (χ0) is 23.8. The van der Waals surface area contributed by atoms with E-state index in [0.717, 1.165) is 71.6 Å². The van der Waals surface area contributed by atoms with Crippen molar-refractivity contribution in [3.05, 3.63) is 48.2 Å². The molecule has 0 spiro atoms. The van der Waals surface area contributed by atoms with Crippen LogP contribution in [0.15, 0.2) is 36.7 Å². The van der Waals surface area contributed by atoms with Crippen molar-refractivity contribution < 1.29 is 4.74 Å². The van der Waals surface area contributed by atoms with E-state index in [2.05, 4.69) is 43.5 Å². The van der Waals surface area contributed by atoms with Gasteiger partial charge in [-0.25, -0.2) is 14.5 Å². The zero-order valence-corrected chi connectivity index (χ0v) is 20.4. The van der Waals surface area contributed by atoms with Crippen LogP contribution < -0.4 is 10.1 Å². The predicted octanol–water partition coefficient (Wildman–Crippen LogP) is 4.15. The van der Waals surface area contributed by atoms with Gasteiger partial charge in [0, 0.05) is 42.7 Å². The van der Waals surface area contributed by atoms with E-state index in [1.165, 1.54) is 25.7 Å². The van der Waals surface area contributed by atoms with E-state index < -0.39 is 0 Å². The molecule has 1 N–H and O–H groups in total. The molecule has 0 radical (unpaired) electrons. The summed E-state index contributed by atoms with van der Waals surface area (Å²) in [5.74, 6) is 3.15. The van der Waals surface area contributed by atoms with Crippen molar-refractivity contribution in [1.82, 2.24) is 34.3 Å². The number of nitrogens with zero attached hydrogens (tertiary/aromatic N) is 7. The first-order valence-corrected chi connectivity index (χ1v) is 12.6. The highest BCUT2D eigenvalue weighted by Gasteiger charge is 2.25. The highest BCUT2D eigenvalue weighted by molar-refractivity contribution is 5.72. The molecule has 35 heavy (non-hydrogen) atoms. The quantitative estimate of drug-likeness (QED) is 0.412. The number of aryl methyl sites for hydroxylation is 3. The molecule has 0 unspecified atom stereocenters. The molecule has 0 aromatic carbocycles. The smallest absolute Gasteiger partial charge is 0.165 e. The third-order valence-electron chi connectivity index (χ3n) is 7.10. The van der Waals surface area contributed by atoms with E-state index in [4.69, 9.17) is 9.84 Å². The first-order chi connectivity index (χ1) is 17.1. The molecule has 2 aliphatic heterocycles. The molecule has 0 saturated carbocycles. The van der Waals surface area contributed by atoms with Crippen molar-refractivity contribution in [3.63, 3.8) is 0 Å². The molecule has 6 rings (SSSR count). The fourth-order valence-electron chi connectivity index (χ4n) is 5.37. The first kappa shape index (κ1) is 22.0. The van der Waals surface area contributed by atoms with Gasteiger partial charge in [0.15, 0.2) is 11.6 Å². The Morgan fingerprint density at radius 3 is 2.89 bits per heavy atom. The van der Waals surface area contributed by atoms with E-state index in [1.54, 1.807) is 0 Å². The Bertz CT molecular complexity index is 1340. The molecular formula is C26H32N8O. The van der Waals surface area contributed by atoms with Gasteiger partial charge < -0.3 is 10.1 Å². The van der Waals surface area contributed by atoms with Crippen LogP contribution >= 0.6 is 0 Å². The molecule has 4 aromatic rings. The lowest BCUT2D eigenvalue weighted by molar-refractivity contribution is 0.171. The Hall–Kier alpha value is -3.46. The maximum Gasteiger partial charge on any atom is 0.165 e. The average Bonchev–Trinajstić information content (AvgIpc) is 3.54. The third-order valence-corrected chi connectivity index (χ3v) is 7.10. The second-order valence-electron chi connectivity index (χ2n) is 9.67. The molecule has 9 nitrogen and oxygen atoms in total. The van der Waals surface area contributed by atoms with Gasteiger partial charge in [-0.1, -0.05) is 6.42 Å². The number of pyridine rings is 1. The van der Waals surface area contributed by atoms with Crippen molar-refractivity contribution in [2.45, 2.75) is 51.5 Å². The largest absolute Gasteiger partial charge is 0.488 e. The standard InChI is InChI=1S/C26H32N8O/c1-18-28-20-7-4-3-5-10-33-11-6-8-21(33)17-35-23-16-27-32(2)26(23)19-9-12-34-22(13-19)15-25(31-34)30-24(14-20)29-18/h9,12-16,21H,3-8,10-11,17H2,1-2H3,(H,28,29,30,31)/t21-/m1/s1. The summed E-state index contributed by atoms with van der Waals surface area (Å²) in [5.41, 5.74) is 4.10. The van der Waals surface area contributed by atoms with Crippen LogP contribution in [0.3, 0.4) is 0 Å². The van der Waals surface area contributed by atoms with Gasteiger partial charge >= 0.3 is 0 Å². The van der Waals surface area contributed by atoms with Crippen molar-refractivity contribution in [2.75, 3.05) is 25.0 Å². The van der Waals surface area contributed by atoms with Crippen LogP contribution in [-0.2, 0) is 13.5 Å². The van der Waals surface area contributed by atoms with Crippen LogP contribution in [0.5, 0.6) is 5.75 Å². The third kappa shape index (κ3) is 4.60. The number of hydrogen-bond donors (Lipinski definition) is 1. The lowest BCUT2D eigenvalue weighted by Crippen LogP contribution is -2.35. The van der Waals surface area contributed by atoms with Gasteiger partial charge in [-0.2, -0.15) is 10.2 Å². The molecule has 5 bridgehead atoms. The van der Waals surface area contributed by atoms with Crippen molar-refractivity contribution in [2.24, 2.45) is 7.05 Å². The molecule has 182 valence electrons. The summed E-state index contributed by atoms with van der Waals surface area (Å²) in [6.45, 7) is 4.93. The van der Waals surface area contributed by atoms with Crippen LogP contribution in [0, 0.1) is 6.92 Å². The maximum atomic E-state index is 6.38. The van der Waals surface area contributed by atoms with Gasteiger partial charge in [-0.15, -0.1) is 0 Å². The summed E-state index contributed by atoms with van der Waals surface area (Å²) in [5, 5.41) is 12.6. The number of aromatic nitrogens is 6. The lowest BCUT2D eigenvalue weighted by atomic mass is 10.1. The summed E-state index contributed by atoms with van der Waals surface area (Å²) < 4.78 is 10.1. The highest BCUT2D eigenvalue weighted by atomic mass is 16.5. The molecule has 0 aliphatic carbocycles. The van der Waals surface area contributed by atoms with Crippen LogP contribution in [0.1, 0.15) is 43.6 Å². The number of ether oxygens (including phenoxy) is 1. The fourth-order valence-corrected chi connectivity index (χ4v) is 5.37. The molecule has 1 atom stereocenters. The number of fused-ring (bicyclic) bond motifs is 7. The molecule has 4 aromatic heterocycles. The van der Waals surface area contributed by atoms with Gasteiger partial charge in [0.2, 0.25) is 0 Å². The van der Waals surface area contributed by atoms with E-state index in [9.17, 15) is 0 Å². The minimum Gasteiger partial charge on any atom is -0.488 e. The molecule has 0 amide bonds. The van der Waals surface area contributed by atoms with Crippen LogP contribution in [0.4, 0.5) is 11.6 Å². The molecule has 6 heterocycles. The number of rotatable bonds is 0. The van der Waals surface area contributed by atoms with Gasteiger partial charge in [-0.05, 0) is 64.3 Å². The average molecular weight is 473 g/mol. The van der Waals surface area contributed by atoms with Crippen molar-refractivity contribution >= 4 is 17.2 Å². The molecule has 1 saturated heterocycles. The fraction of sp³-hybridized carbons (Fsp3) is 0.462. The Morgan fingerprint density at radius 2 is 1.94 bits per heavy atom. The normalized spacial score (nSPS) is 19.3. The van der Waals surface area contributed by atoms with E-state index in [0.29, 0.717) is 12.6 Å². The Morgan fingerprint density at radius 1 is 1.03 bits per heavy atom. The Kier molecular flexibility index (Phi) is 5.85. The topological polar surface area (TPSA) is 85.4 Å². The van der Waals surface area contributed by atoms with E-state index >= 15 is 0 Å². The van der Waals surface area contributed by atoms with Crippen LogP contribution in [0.25, 0.3) is 16.8 Å². The van der Waals surface area contributed by atoms with Gasteiger partial charge in [-0.3, -0.25) is 9.58 Å². The number of hydrogen-bond acceptors (Lipinski definition) is 7. The van der Waals surface area contributed by atoms with Crippen molar-refractivity contribution in [1.29, 1.82) is 0 Å². The summed E-state index contributed by atoms with van der Waals surface area (Å²) >= 11 is 0. The van der Waals surface area contributed by atoms with Gasteiger partial charge in [0.25, 0.3) is 0 Å². The minimum absolute atomic E-state index is 0.465. The zero-order valence-electron chi connectivity index (χ0n) is 20.4. The molecule has 9 heteroatoms. The minimum atomic E-state index is 0.465. The monoisotopic (exact) mass is 472 g/mol. The van der Waals surface area contributed by atoms with Crippen LogP contribution in [0.2, 0.25) is 0 Å². The second kappa shape index (κ2) is 9.30. The van der Waals surface area contributed by atoms with Gasteiger partial charge in [0.05, 0.1) is 11.7 Å². The number of nitrogens with one attached hydrogen (secondary N) is 1. The summed E-state index contributed by atoms with van der Waals surface area (Å²) in [6, 6.07) is 8.73. The van der Waals surface area contributed by atoms with Crippen LogP contribution in [-0.4, -0.2) is 60.0 Å². The SMILES string of the molecule is Cc1nc2cc(n1)Nc1cc3cc(ccn3n1)-c1c(cnn1C)OC[C@H]1CCCN1CCCCC2. The predicted molar refractivity (Wildman–Crippen MR) is 135 cm³/mol. The summed E-state index contributed by atoms with van der Waals surface area (Å²) in [6.07, 6.45) is 10.7. The van der Waals surface area contributed by atoms with Gasteiger partial charge in [0.1, 0.15) is 23.9 Å². The second-order valence-corrected chi connectivity index (χ2v) is 9.67. The molecule has 1 fully saturated rings. The maximum absolute atomic E-state index is 6.38. The number of anilines is 2. The lowest BCUT2D eigenvalue weighted by Gasteiger charge is -2.24. The molecule has 2 aliphatic rings. The first-order valence-electron chi connectivity index (χ1n) is 12.6. The summed E-state index contributed by atoms with van der Waals surface area (Å²) in [4.78, 5) is 11.9. The highest BCUT2D eigenvalue weighted by Crippen LogP contribution is 2.32.